The third kappa shape index (κ3) is 9.12. The number of rotatable bonds is 15. The molecule has 0 spiro atoms. The lowest BCUT2D eigenvalue weighted by Gasteiger charge is -2.12. The van der Waals surface area contributed by atoms with Gasteiger partial charge in [-0.2, -0.15) is 0 Å². The Kier molecular flexibility index (Phi) is 11.2. The van der Waals surface area contributed by atoms with Gasteiger partial charge in [0.2, 0.25) is 0 Å². The van der Waals surface area contributed by atoms with Gasteiger partial charge in [0.05, 0.1) is 19.8 Å². The molecule has 0 unspecified atom stereocenters. The van der Waals surface area contributed by atoms with Gasteiger partial charge in [-0.25, -0.2) is 0 Å². The molecule has 0 aliphatic rings. The summed E-state index contributed by atoms with van der Waals surface area (Å²) < 4.78 is 16.9. The van der Waals surface area contributed by atoms with Crippen molar-refractivity contribution in [3.05, 3.63) is 83.9 Å². The van der Waals surface area contributed by atoms with Crippen molar-refractivity contribution in [1.29, 1.82) is 0 Å². The molecule has 0 aliphatic carbocycles. The molecule has 0 N–H and O–H groups in total. The normalized spacial score (nSPS) is 10.7. The molecule has 4 heteroatoms. The molecule has 3 aromatic rings. The zero-order valence-electron chi connectivity index (χ0n) is 21.1. The van der Waals surface area contributed by atoms with E-state index in [0.29, 0.717) is 26.2 Å². The van der Waals surface area contributed by atoms with Gasteiger partial charge in [-0.3, -0.25) is 4.79 Å². The van der Waals surface area contributed by atoms with Gasteiger partial charge in [-0.1, -0.05) is 67.4 Å². The molecule has 0 aliphatic heterocycles. The van der Waals surface area contributed by atoms with E-state index in [9.17, 15) is 4.79 Å². The smallest absolute Gasteiger partial charge is 0.306 e. The highest BCUT2D eigenvalue weighted by molar-refractivity contribution is 5.69. The largest absolute Gasteiger partial charge is 0.494 e. The van der Waals surface area contributed by atoms with Gasteiger partial charge in [-0.05, 0) is 73.9 Å². The maximum Gasteiger partial charge on any atom is 0.306 e. The number of benzene rings is 3. The topological polar surface area (TPSA) is 44.8 Å². The van der Waals surface area contributed by atoms with Gasteiger partial charge in [-0.15, -0.1) is 0 Å². The van der Waals surface area contributed by atoms with Crippen LogP contribution < -0.4 is 9.47 Å². The minimum Gasteiger partial charge on any atom is -0.494 e. The first-order valence-electron chi connectivity index (χ1n) is 12.9. The highest BCUT2D eigenvalue weighted by atomic mass is 16.5. The summed E-state index contributed by atoms with van der Waals surface area (Å²) >= 11 is 0. The molecule has 3 aromatic carbocycles. The van der Waals surface area contributed by atoms with Crippen LogP contribution in [-0.4, -0.2) is 25.8 Å². The van der Waals surface area contributed by atoms with Crippen LogP contribution in [0.3, 0.4) is 0 Å². The fourth-order valence-corrected chi connectivity index (χ4v) is 4.18. The van der Waals surface area contributed by atoms with E-state index in [-0.39, 0.29) is 5.97 Å². The van der Waals surface area contributed by atoms with E-state index in [1.807, 2.05) is 44.2 Å². The predicted molar refractivity (Wildman–Crippen MR) is 142 cm³/mol. The summed E-state index contributed by atoms with van der Waals surface area (Å²) in [4.78, 5) is 11.7. The van der Waals surface area contributed by atoms with E-state index in [2.05, 4.69) is 42.5 Å². The molecule has 186 valence electrons. The Morgan fingerprint density at radius 1 is 0.657 bits per heavy atom. The summed E-state index contributed by atoms with van der Waals surface area (Å²) in [6, 6.07) is 24.9. The van der Waals surface area contributed by atoms with Crippen molar-refractivity contribution in [3.63, 3.8) is 0 Å². The molecule has 0 aromatic heterocycles. The van der Waals surface area contributed by atoms with Crippen molar-refractivity contribution in [2.24, 2.45) is 0 Å². The molecular weight excluding hydrogens is 436 g/mol. The van der Waals surface area contributed by atoms with Crippen LogP contribution in [0.15, 0.2) is 72.8 Å². The molecule has 35 heavy (non-hydrogen) atoms. The number of unbranched alkanes of at least 4 members (excludes halogenated alkanes) is 3. The average molecular weight is 475 g/mol. The number of hydrogen-bond donors (Lipinski definition) is 0. The van der Waals surface area contributed by atoms with Crippen LogP contribution >= 0.6 is 0 Å². The molecule has 4 nitrogen and oxygen atoms in total. The Balaban J connectivity index is 1.42. The van der Waals surface area contributed by atoms with E-state index in [4.69, 9.17) is 14.2 Å². The van der Waals surface area contributed by atoms with Crippen LogP contribution in [0.1, 0.15) is 57.1 Å². The van der Waals surface area contributed by atoms with Crippen molar-refractivity contribution >= 4 is 5.97 Å². The van der Waals surface area contributed by atoms with Gasteiger partial charge < -0.3 is 14.2 Å². The first-order valence-corrected chi connectivity index (χ1v) is 12.9. The van der Waals surface area contributed by atoms with E-state index in [1.165, 1.54) is 11.1 Å². The van der Waals surface area contributed by atoms with Crippen molar-refractivity contribution in [1.82, 2.24) is 0 Å². The number of carbonyl (C=O) groups excluding carboxylic acids is 1. The van der Waals surface area contributed by atoms with Crippen LogP contribution in [-0.2, 0) is 22.4 Å². The van der Waals surface area contributed by atoms with Crippen LogP contribution in [0.2, 0.25) is 0 Å². The molecule has 0 radical (unpaired) electrons. The SMILES string of the molecule is CCOC(=O)CCc1ccccc1CCCCCCOc1cc(OCC)cc(-c2ccccc2)c1. The summed E-state index contributed by atoms with van der Waals surface area (Å²) in [5.41, 5.74) is 4.86. The lowest BCUT2D eigenvalue weighted by atomic mass is 9.98. The lowest BCUT2D eigenvalue weighted by molar-refractivity contribution is -0.143. The highest BCUT2D eigenvalue weighted by Gasteiger charge is 2.07. The summed E-state index contributed by atoms with van der Waals surface area (Å²) in [5, 5.41) is 0. The standard InChI is InChI=1S/C31H38O4/c1-3-33-29-22-28(26-15-9-7-10-16-26)23-30(24-29)35-21-13-6-5-8-14-25-17-11-12-18-27(25)19-20-31(32)34-4-2/h7,9-12,15-18,22-24H,3-6,8,13-14,19-21H2,1-2H3. The lowest BCUT2D eigenvalue weighted by Crippen LogP contribution is -2.06. The van der Waals surface area contributed by atoms with Crippen molar-refractivity contribution < 1.29 is 19.0 Å². The van der Waals surface area contributed by atoms with E-state index in [1.54, 1.807) is 0 Å². The van der Waals surface area contributed by atoms with Gasteiger partial charge in [0.25, 0.3) is 0 Å². The molecular formula is C31H38O4. The van der Waals surface area contributed by atoms with Crippen molar-refractivity contribution in [2.45, 2.75) is 58.8 Å². The first kappa shape index (κ1) is 26.3. The third-order valence-electron chi connectivity index (χ3n) is 5.93. The highest BCUT2D eigenvalue weighted by Crippen LogP contribution is 2.30. The molecule has 0 heterocycles. The maximum absolute atomic E-state index is 11.7. The average Bonchev–Trinajstić information content (AvgIpc) is 2.88. The number of hydrogen-bond acceptors (Lipinski definition) is 4. The first-order chi connectivity index (χ1) is 17.2. The van der Waals surface area contributed by atoms with Crippen molar-refractivity contribution in [2.75, 3.05) is 19.8 Å². The molecule has 0 saturated carbocycles. The Labute approximate surface area is 210 Å². The fraction of sp³-hybridized carbons (Fsp3) is 0.387. The molecule has 0 fully saturated rings. The molecule has 3 rings (SSSR count). The minimum atomic E-state index is -0.120. The molecule has 0 atom stereocenters. The van der Waals surface area contributed by atoms with Gasteiger partial charge in [0, 0.05) is 12.5 Å². The summed E-state index contributed by atoms with van der Waals surface area (Å²) in [7, 11) is 0. The Morgan fingerprint density at radius 3 is 2.03 bits per heavy atom. The zero-order chi connectivity index (χ0) is 24.7. The summed E-state index contributed by atoms with van der Waals surface area (Å²) in [5.74, 6) is 1.57. The second-order valence-electron chi connectivity index (χ2n) is 8.58. The predicted octanol–water partition coefficient (Wildman–Crippen LogP) is 7.43. The van der Waals surface area contributed by atoms with Gasteiger partial charge in [0.15, 0.2) is 0 Å². The molecule has 0 saturated heterocycles. The third-order valence-corrected chi connectivity index (χ3v) is 5.93. The number of ether oxygens (including phenoxy) is 3. The van der Waals surface area contributed by atoms with Crippen LogP contribution in [0.25, 0.3) is 11.1 Å². The number of aryl methyl sites for hydroxylation is 2. The Bertz CT molecular complexity index is 1030. The van der Waals surface area contributed by atoms with Crippen LogP contribution in [0, 0.1) is 0 Å². The summed E-state index contributed by atoms with van der Waals surface area (Å²) in [6.07, 6.45) is 6.66. The van der Waals surface area contributed by atoms with E-state index in [0.717, 1.165) is 61.2 Å². The van der Waals surface area contributed by atoms with Crippen LogP contribution in [0.5, 0.6) is 11.5 Å². The van der Waals surface area contributed by atoms with Gasteiger partial charge >= 0.3 is 5.97 Å². The molecule has 0 bridgehead atoms. The maximum atomic E-state index is 11.7. The minimum absolute atomic E-state index is 0.120. The Hall–Kier alpha value is -3.27. The van der Waals surface area contributed by atoms with Crippen molar-refractivity contribution in [3.8, 4) is 22.6 Å². The monoisotopic (exact) mass is 474 g/mol. The second-order valence-corrected chi connectivity index (χ2v) is 8.58. The zero-order valence-corrected chi connectivity index (χ0v) is 21.1. The number of carbonyl (C=O) groups is 1. The number of esters is 1. The van der Waals surface area contributed by atoms with Gasteiger partial charge in [0.1, 0.15) is 11.5 Å². The van der Waals surface area contributed by atoms with E-state index >= 15 is 0 Å². The van der Waals surface area contributed by atoms with Crippen LogP contribution in [0.4, 0.5) is 0 Å². The summed E-state index contributed by atoms with van der Waals surface area (Å²) in [6.45, 7) is 5.60. The quantitative estimate of drug-likeness (QED) is 0.170. The Morgan fingerprint density at radius 2 is 1.31 bits per heavy atom. The fourth-order valence-electron chi connectivity index (χ4n) is 4.18. The van der Waals surface area contributed by atoms with E-state index < -0.39 is 0 Å². The molecule has 0 amide bonds. The second kappa shape index (κ2) is 14.9.